The van der Waals surface area contributed by atoms with Crippen LogP contribution in [0, 0.1) is 10.8 Å². The van der Waals surface area contributed by atoms with E-state index in [1.165, 1.54) is 44.2 Å². The number of para-hydroxylation sites is 2. The minimum atomic E-state index is 0.779. The number of benzene rings is 5. The molecule has 0 aliphatic heterocycles. The third-order valence-corrected chi connectivity index (χ3v) is 7.27. The van der Waals surface area contributed by atoms with Crippen LogP contribution in [0.4, 0.5) is 0 Å². The normalized spacial score (nSPS) is 11.2. The zero-order valence-corrected chi connectivity index (χ0v) is 23.5. The quantitative estimate of drug-likeness (QED) is 0.207. The number of hydrogen-bond donors (Lipinski definition) is 2. The third-order valence-electron chi connectivity index (χ3n) is 7.27. The van der Waals surface area contributed by atoms with Crippen molar-refractivity contribution in [1.82, 2.24) is 9.13 Å². The van der Waals surface area contributed by atoms with E-state index in [1.54, 1.807) is 0 Å². The van der Waals surface area contributed by atoms with Gasteiger partial charge in [0.05, 0.1) is 22.2 Å². The van der Waals surface area contributed by atoms with E-state index in [0.717, 1.165) is 28.8 Å². The maximum atomic E-state index is 8.29. The number of hydrogen-bond acceptors (Lipinski definition) is 2. The Kier molecular flexibility index (Phi) is 8.21. The van der Waals surface area contributed by atoms with E-state index in [0.29, 0.717) is 0 Å². The monoisotopic (exact) mass is 534 g/mol. The molecule has 0 spiro atoms. The van der Waals surface area contributed by atoms with Crippen LogP contribution in [0.15, 0.2) is 128 Å². The van der Waals surface area contributed by atoms with Crippen molar-refractivity contribution in [3.63, 3.8) is 0 Å². The van der Waals surface area contributed by atoms with Crippen LogP contribution in [-0.2, 0) is 6.42 Å². The summed E-state index contributed by atoms with van der Waals surface area (Å²) in [6.07, 6.45) is 6.55. The summed E-state index contributed by atoms with van der Waals surface area (Å²) in [6.45, 7) is 6.50. The first-order valence-corrected chi connectivity index (χ1v) is 13.9. The second-order valence-corrected chi connectivity index (χ2v) is 9.46. The van der Waals surface area contributed by atoms with Crippen LogP contribution in [0.1, 0.15) is 19.4 Å². The Hall–Kier alpha value is -5.22. The lowest BCUT2D eigenvalue weighted by Gasteiger charge is -2.10. The summed E-state index contributed by atoms with van der Waals surface area (Å²) in [5.74, 6) is 0. The van der Waals surface area contributed by atoms with Crippen LogP contribution in [0.3, 0.4) is 0 Å². The Morgan fingerprint density at radius 1 is 0.659 bits per heavy atom. The molecule has 2 heterocycles. The highest BCUT2D eigenvalue weighted by atomic mass is 15.0. The van der Waals surface area contributed by atoms with E-state index in [1.807, 2.05) is 26.0 Å². The molecule has 4 heteroatoms. The van der Waals surface area contributed by atoms with E-state index in [2.05, 4.69) is 131 Å². The fourth-order valence-corrected chi connectivity index (χ4v) is 5.49. The van der Waals surface area contributed by atoms with Gasteiger partial charge in [-0.2, -0.15) is 0 Å². The Balaban J connectivity index is 0.000000810. The molecule has 4 nitrogen and oxygen atoms in total. The van der Waals surface area contributed by atoms with Gasteiger partial charge in [0, 0.05) is 34.3 Å². The highest BCUT2D eigenvalue weighted by molar-refractivity contribution is 6.18. The summed E-state index contributed by atoms with van der Waals surface area (Å²) in [7, 11) is 0. The zero-order valence-electron chi connectivity index (χ0n) is 23.5. The summed E-state index contributed by atoms with van der Waals surface area (Å²) in [4.78, 5) is 0. The molecule has 0 radical (unpaired) electrons. The van der Waals surface area contributed by atoms with Gasteiger partial charge < -0.3 is 20.0 Å². The number of allylic oxidation sites excluding steroid dienone is 2. The topological polar surface area (TPSA) is 57.6 Å². The van der Waals surface area contributed by atoms with Crippen LogP contribution in [0.25, 0.3) is 54.9 Å². The largest absolute Gasteiger partial charge is 0.317 e. The first kappa shape index (κ1) is 27.4. The molecule has 41 heavy (non-hydrogen) atoms. The highest BCUT2D eigenvalue weighted by Gasteiger charge is 2.15. The van der Waals surface area contributed by atoms with Crippen LogP contribution in [-0.4, -0.2) is 22.1 Å². The Morgan fingerprint density at radius 3 is 2.02 bits per heavy atom. The molecular weight excluding hydrogens is 500 g/mol. The maximum Gasteiger partial charge on any atom is 0.0601 e. The predicted octanol–water partition coefficient (Wildman–Crippen LogP) is 9.92. The molecule has 5 aromatic carbocycles. The molecule has 0 fully saturated rings. The van der Waals surface area contributed by atoms with Gasteiger partial charge in [-0.3, -0.25) is 0 Å². The van der Waals surface area contributed by atoms with Gasteiger partial charge >= 0.3 is 0 Å². The average molecular weight is 535 g/mol. The summed E-state index contributed by atoms with van der Waals surface area (Å²) in [6, 6.07) is 40.8. The number of rotatable bonds is 5. The van der Waals surface area contributed by atoms with Crippen LogP contribution in [0.5, 0.6) is 0 Å². The van der Waals surface area contributed by atoms with Gasteiger partial charge in [0.2, 0.25) is 0 Å². The molecule has 0 saturated carbocycles. The Morgan fingerprint density at radius 2 is 1.29 bits per heavy atom. The summed E-state index contributed by atoms with van der Waals surface area (Å²) >= 11 is 0. The number of nitrogens with one attached hydrogen (secondary N) is 2. The van der Waals surface area contributed by atoms with Crippen molar-refractivity contribution in [2.24, 2.45) is 0 Å². The lowest BCUT2D eigenvalue weighted by Crippen LogP contribution is -1.99. The van der Waals surface area contributed by atoms with Gasteiger partial charge in [-0.25, -0.2) is 0 Å². The third kappa shape index (κ3) is 5.08. The molecule has 202 valence electrons. The molecule has 0 unspecified atom stereocenters. The molecule has 2 N–H and O–H groups in total. The SMILES string of the molecule is C=N.CC.N=C/C(=C\Cc1ccccc1)n1c2ccccc2c2cc3cc4c(ccn4-c4ccccc4)cc3cc21. The number of nitrogens with zero attached hydrogens (tertiary/aromatic N) is 2. The van der Waals surface area contributed by atoms with Gasteiger partial charge in [0.15, 0.2) is 0 Å². The summed E-state index contributed by atoms with van der Waals surface area (Å²) < 4.78 is 4.49. The van der Waals surface area contributed by atoms with E-state index in [4.69, 9.17) is 10.8 Å². The summed E-state index contributed by atoms with van der Waals surface area (Å²) in [5.41, 5.74) is 6.72. The molecule has 0 amide bonds. The van der Waals surface area contributed by atoms with Crippen LogP contribution in [0.2, 0.25) is 0 Å². The van der Waals surface area contributed by atoms with Crippen molar-refractivity contribution in [3.05, 3.63) is 133 Å². The molecule has 2 aromatic heterocycles. The highest BCUT2D eigenvalue weighted by Crippen LogP contribution is 2.36. The minimum Gasteiger partial charge on any atom is -0.317 e. The molecular formula is C37H34N4. The second-order valence-electron chi connectivity index (χ2n) is 9.46. The molecule has 0 atom stereocenters. The lowest BCUT2D eigenvalue weighted by atomic mass is 10.0. The first-order valence-electron chi connectivity index (χ1n) is 13.9. The number of fused-ring (bicyclic) bond motifs is 5. The molecule has 7 aromatic rings. The van der Waals surface area contributed by atoms with Gasteiger partial charge in [-0.05, 0) is 78.0 Å². The lowest BCUT2D eigenvalue weighted by molar-refractivity contribution is 1.13. The van der Waals surface area contributed by atoms with E-state index in [9.17, 15) is 0 Å². The van der Waals surface area contributed by atoms with Crippen molar-refractivity contribution < 1.29 is 0 Å². The number of aromatic nitrogens is 2. The molecule has 7 rings (SSSR count). The fraction of sp³-hybridized carbons (Fsp3) is 0.0811. The van der Waals surface area contributed by atoms with Crippen LogP contribution >= 0.6 is 0 Å². The standard InChI is InChI=1S/C34H25N3.C2H6.CH3N/c35-23-29(16-15-24-9-3-1-4-10-24)37-32-14-8-7-13-30(32)31-20-27-21-33-25(19-26(27)22-34(31)37)17-18-36(33)28-11-5-2-6-12-28;2*1-2/h1-14,16-23,35H,15H2;1-2H3;2H,1H2/b29-16+,35-23?;;. The molecule has 0 aliphatic rings. The smallest absolute Gasteiger partial charge is 0.0601 e. The molecule has 0 aliphatic carbocycles. The summed E-state index contributed by atoms with van der Waals surface area (Å²) in [5, 5.41) is 19.8. The van der Waals surface area contributed by atoms with Gasteiger partial charge in [0.1, 0.15) is 0 Å². The Labute approximate surface area is 240 Å². The zero-order chi connectivity index (χ0) is 28.8. The van der Waals surface area contributed by atoms with Crippen molar-refractivity contribution in [1.29, 1.82) is 10.8 Å². The second kappa shape index (κ2) is 12.3. The van der Waals surface area contributed by atoms with Crippen LogP contribution < -0.4 is 0 Å². The van der Waals surface area contributed by atoms with Crippen molar-refractivity contribution in [2.45, 2.75) is 20.3 Å². The van der Waals surface area contributed by atoms with E-state index < -0.39 is 0 Å². The Bertz CT molecular complexity index is 1980. The maximum absolute atomic E-state index is 8.29. The predicted molar refractivity (Wildman–Crippen MR) is 178 cm³/mol. The first-order chi connectivity index (χ1) is 20.3. The van der Waals surface area contributed by atoms with Crippen molar-refractivity contribution >= 4 is 62.1 Å². The van der Waals surface area contributed by atoms with E-state index >= 15 is 0 Å². The van der Waals surface area contributed by atoms with Gasteiger partial charge in [-0.1, -0.05) is 86.7 Å². The molecule has 0 saturated heterocycles. The van der Waals surface area contributed by atoms with Gasteiger partial charge in [-0.15, -0.1) is 0 Å². The fourth-order valence-electron chi connectivity index (χ4n) is 5.49. The van der Waals surface area contributed by atoms with Gasteiger partial charge in [0.25, 0.3) is 0 Å². The molecule has 0 bridgehead atoms. The van der Waals surface area contributed by atoms with E-state index in [-0.39, 0.29) is 0 Å². The van der Waals surface area contributed by atoms with Crippen molar-refractivity contribution in [3.8, 4) is 5.69 Å². The van der Waals surface area contributed by atoms with Crippen molar-refractivity contribution in [2.75, 3.05) is 0 Å². The minimum absolute atomic E-state index is 0.779. The average Bonchev–Trinajstić information content (AvgIpc) is 3.60.